The van der Waals surface area contributed by atoms with Crippen molar-refractivity contribution in [2.45, 2.75) is 38.3 Å². The topological polar surface area (TPSA) is 78.6 Å². The molecule has 1 saturated heterocycles. The first kappa shape index (κ1) is 15.7. The maximum absolute atomic E-state index is 12.8. The second kappa shape index (κ2) is 6.27. The van der Waals surface area contributed by atoms with E-state index in [-0.39, 0.29) is 24.0 Å². The lowest BCUT2D eigenvalue weighted by molar-refractivity contribution is -0.128. The van der Waals surface area contributed by atoms with Crippen molar-refractivity contribution in [2.24, 2.45) is 32.8 Å². The van der Waals surface area contributed by atoms with Gasteiger partial charge in [-0.15, -0.1) is 0 Å². The van der Waals surface area contributed by atoms with Crippen molar-refractivity contribution in [3.8, 4) is 0 Å². The maximum Gasteiger partial charge on any atom is 0.237 e. The number of rotatable bonds is 2. The Kier molecular flexibility index (Phi) is 4.12. The molecule has 0 aromatic rings. The molecule has 5 atom stereocenters. The van der Waals surface area contributed by atoms with E-state index < -0.39 is 0 Å². The molecule has 7 nitrogen and oxygen atoms in total. The van der Waals surface area contributed by atoms with Crippen LogP contribution in [0.25, 0.3) is 0 Å². The highest BCUT2D eigenvalue weighted by Crippen LogP contribution is 2.36. The molecule has 0 aromatic heterocycles. The lowest BCUT2D eigenvalue weighted by atomic mass is 9.78. The first-order valence-electron chi connectivity index (χ1n) is 8.87. The van der Waals surface area contributed by atoms with E-state index in [1.54, 1.807) is 7.11 Å². The Bertz CT molecular complexity index is 614. The van der Waals surface area contributed by atoms with Gasteiger partial charge < -0.3 is 10.2 Å². The summed E-state index contributed by atoms with van der Waals surface area (Å²) in [7, 11) is 1.75. The Morgan fingerprint density at radius 3 is 3.00 bits per heavy atom. The fourth-order valence-corrected chi connectivity index (χ4v) is 4.36. The SMILES string of the molecule is COC1CN=CC(C2CC(C)C3C(=O)N(C4=NNCC4)CC3=N2)C1. The monoisotopic (exact) mass is 331 g/mol. The third kappa shape index (κ3) is 2.64. The van der Waals surface area contributed by atoms with E-state index >= 15 is 0 Å². The van der Waals surface area contributed by atoms with Gasteiger partial charge in [0, 0.05) is 37.9 Å². The number of carbonyl (C=O) groups is 1. The number of ether oxygens (including phenoxy) is 1. The molecule has 7 heteroatoms. The van der Waals surface area contributed by atoms with Gasteiger partial charge in [-0.3, -0.25) is 19.7 Å². The number of fused-ring (bicyclic) bond motifs is 1. The van der Waals surface area contributed by atoms with Crippen LogP contribution in [-0.2, 0) is 9.53 Å². The Labute approximate surface area is 142 Å². The smallest absolute Gasteiger partial charge is 0.237 e. The van der Waals surface area contributed by atoms with Gasteiger partial charge in [-0.25, -0.2) is 0 Å². The summed E-state index contributed by atoms with van der Waals surface area (Å²) in [5, 5.41) is 4.26. The highest BCUT2D eigenvalue weighted by Gasteiger charge is 2.46. The molecule has 0 radical (unpaired) electrons. The molecule has 0 aliphatic carbocycles. The highest BCUT2D eigenvalue weighted by molar-refractivity contribution is 6.18. The minimum atomic E-state index is -0.0664. The summed E-state index contributed by atoms with van der Waals surface area (Å²) < 4.78 is 5.48. The zero-order chi connectivity index (χ0) is 16.7. The molecule has 1 N–H and O–H groups in total. The number of nitrogens with zero attached hydrogens (tertiary/aromatic N) is 4. The molecular weight excluding hydrogens is 306 g/mol. The Morgan fingerprint density at radius 2 is 2.25 bits per heavy atom. The van der Waals surface area contributed by atoms with E-state index in [1.807, 2.05) is 4.90 Å². The standard InChI is InChI=1S/C17H25N5O2/c1-10-5-13(11-6-12(24-2)8-18-7-11)20-14-9-22(17(23)16(10)14)15-3-4-19-21-15/h7,10-13,16,19H,3-6,8-9H2,1-2H3. The molecule has 24 heavy (non-hydrogen) atoms. The third-order valence-corrected chi connectivity index (χ3v) is 5.67. The Hall–Kier alpha value is -1.76. The quantitative estimate of drug-likeness (QED) is 0.809. The zero-order valence-corrected chi connectivity index (χ0v) is 14.3. The predicted octanol–water partition coefficient (Wildman–Crippen LogP) is 0.707. The number of hydrazone groups is 1. The molecule has 0 bridgehead atoms. The van der Waals surface area contributed by atoms with Gasteiger partial charge in [0.05, 0.1) is 31.2 Å². The first-order chi connectivity index (χ1) is 11.7. The predicted molar refractivity (Wildman–Crippen MR) is 92.5 cm³/mol. The first-order valence-corrected chi connectivity index (χ1v) is 8.87. The summed E-state index contributed by atoms with van der Waals surface area (Å²) in [6.07, 6.45) is 4.96. The van der Waals surface area contributed by atoms with Crippen molar-refractivity contribution in [3.05, 3.63) is 0 Å². The van der Waals surface area contributed by atoms with Gasteiger partial charge in [0.1, 0.15) is 5.84 Å². The van der Waals surface area contributed by atoms with E-state index in [9.17, 15) is 4.79 Å². The summed E-state index contributed by atoms with van der Waals surface area (Å²) >= 11 is 0. The average Bonchev–Trinajstić information content (AvgIpc) is 3.23. The second-order valence-corrected chi connectivity index (χ2v) is 7.26. The molecule has 4 heterocycles. The Morgan fingerprint density at radius 1 is 1.38 bits per heavy atom. The van der Waals surface area contributed by atoms with E-state index in [4.69, 9.17) is 9.73 Å². The van der Waals surface area contributed by atoms with Gasteiger partial charge in [-0.05, 0) is 18.8 Å². The van der Waals surface area contributed by atoms with Crippen molar-refractivity contribution in [1.29, 1.82) is 0 Å². The minimum absolute atomic E-state index is 0.0664. The second-order valence-electron chi connectivity index (χ2n) is 7.26. The summed E-state index contributed by atoms with van der Waals surface area (Å²) in [4.78, 5) is 24.1. The lowest BCUT2D eigenvalue weighted by Crippen LogP contribution is -2.39. The molecule has 130 valence electrons. The van der Waals surface area contributed by atoms with Gasteiger partial charge in [-0.1, -0.05) is 6.92 Å². The number of amidine groups is 1. The van der Waals surface area contributed by atoms with Crippen molar-refractivity contribution in [2.75, 3.05) is 26.7 Å². The number of aliphatic imine (C=N–C) groups is 2. The van der Waals surface area contributed by atoms with Crippen LogP contribution in [0.2, 0.25) is 0 Å². The van der Waals surface area contributed by atoms with Gasteiger partial charge in [0.25, 0.3) is 0 Å². The van der Waals surface area contributed by atoms with E-state index in [1.165, 1.54) is 0 Å². The highest BCUT2D eigenvalue weighted by atomic mass is 16.5. The normalized spacial score (nSPS) is 38.7. The molecule has 0 saturated carbocycles. The minimum Gasteiger partial charge on any atom is -0.380 e. The third-order valence-electron chi connectivity index (χ3n) is 5.67. The molecule has 4 rings (SSSR count). The van der Waals surface area contributed by atoms with Crippen LogP contribution < -0.4 is 5.43 Å². The molecule has 0 spiro atoms. The van der Waals surface area contributed by atoms with Gasteiger partial charge in [0.15, 0.2) is 0 Å². The molecule has 5 unspecified atom stereocenters. The van der Waals surface area contributed by atoms with E-state index in [2.05, 4.69) is 28.7 Å². The van der Waals surface area contributed by atoms with Crippen molar-refractivity contribution >= 4 is 23.7 Å². The lowest BCUT2D eigenvalue weighted by Gasteiger charge is -2.33. The molecule has 1 fully saturated rings. The molecule has 4 aliphatic heterocycles. The van der Waals surface area contributed by atoms with Gasteiger partial charge in [0.2, 0.25) is 5.91 Å². The van der Waals surface area contributed by atoms with Crippen molar-refractivity contribution in [1.82, 2.24) is 10.3 Å². The van der Waals surface area contributed by atoms with Crippen LogP contribution in [-0.4, -0.2) is 67.5 Å². The summed E-state index contributed by atoms with van der Waals surface area (Å²) in [5.41, 5.74) is 3.99. The van der Waals surface area contributed by atoms with Gasteiger partial charge >= 0.3 is 0 Å². The number of nitrogens with one attached hydrogen (secondary N) is 1. The van der Waals surface area contributed by atoms with Crippen LogP contribution in [0.4, 0.5) is 0 Å². The molecule has 4 aliphatic rings. The number of amides is 1. The number of likely N-dealkylation sites (tertiary alicyclic amines) is 1. The average molecular weight is 331 g/mol. The van der Waals surface area contributed by atoms with Crippen LogP contribution in [0.5, 0.6) is 0 Å². The fraction of sp³-hybridized carbons (Fsp3) is 0.765. The van der Waals surface area contributed by atoms with Crippen LogP contribution in [0, 0.1) is 17.8 Å². The maximum atomic E-state index is 12.8. The number of carbonyl (C=O) groups excluding carboxylic acids is 1. The number of hydrogen-bond donors (Lipinski definition) is 1. The van der Waals surface area contributed by atoms with E-state index in [0.29, 0.717) is 18.4 Å². The number of methoxy groups -OCH3 is 1. The zero-order valence-electron chi connectivity index (χ0n) is 14.3. The molecule has 1 amide bonds. The molecule has 0 aromatic carbocycles. The Balaban J connectivity index is 1.55. The van der Waals surface area contributed by atoms with Gasteiger partial charge in [-0.2, -0.15) is 5.10 Å². The van der Waals surface area contributed by atoms with E-state index in [0.717, 1.165) is 43.9 Å². The fourth-order valence-electron chi connectivity index (χ4n) is 4.36. The summed E-state index contributed by atoms with van der Waals surface area (Å²) in [6, 6.07) is 0.212. The number of hydrogen-bond acceptors (Lipinski definition) is 6. The molecular formula is C17H25N5O2. The largest absolute Gasteiger partial charge is 0.380 e. The summed E-state index contributed by atoms with van der Waals surface area (Å²) in [5.74, 6) is 1.59. The summed E-state index contributed by atoms with van der Waals surface area (Å²) in [6.45, 7) is 4.33. The van der Waals surface area contributed by atoms with Crippen molar-refractivity contribution in [3.63, 3.8) is 0 Å². The van der Waals surface area contributed by atoms with Crippen LogP contribution in [0.1, 0.15) is 26.2 Å². The van der Waals surface area contributed by atoms with Crippen LogP contribution >= 0.6 is 0 Å². The van der Waals surface area contributed by atoms with Crippen molar-refractivity contribution < 1.29 is 9.53 Å². The van der Waals surface area contributed by atoms with Crippen LogP contribution in [0.3, 0.4) is 0 Å². The van der Waals surface area contributed by atoms with Crippen LogP contribution in [0.15, 0.2) is 15.1 Å².